The molecular weight excluding hydrogens is 284 g/mol. The van der Waals surface area contributed by atoms with Crippen LogP contribution in [-0.2, 0) is 0 Å². The predicted octanol–water partition coefficient (Wildman–Crippen LogP) is 4.82. The first-order valence-corrected chi connectivity index (χ1v) is 9.62. The summed E-state index contributed by atoms with van der Waals surface area (Å²) in [5.41, 5.74) is 0.471. The van der Waals surface area contributed by atoms with Gasteiger partial charge in [-0.1, -0.05) is 45.9 Å². The van der Waals surface area contributed by atoms with Crippen molar-refractivity contribution in [2.24, 2.45) is 11.3 Å². The second kappa shape index (κ2) is 7.28. The molecule has 2 nitrogen and oxygen atoms in total. The van der Waals surface area contributed by atoms with Crippen molar-refractivity contribution in [2.45, 2.75) is 69.0 Å². The van der Waals surface area contributed by atoms with E-state index in [1.807, 2.05) is 18.0 Å². The number of hydrogen-bond donors (Lipinski definition) is 1. The zero-order valence-corrected chi connectivity index (χ0v) is 14.8. The molecule has 0 amide bonds. The lowest BCUT2D eigenvalue weighted by Gasteiger charge is -2.43. The van der Waals surface area contributed by atoms with Crippen LogP contribution in [0.2, 0.25) is 0 Å². The molecule has 0 aromatic carbocycles. The second-order valence-electron chi connectivity index (χ2n) is 6.47. The minimum atomic E-state index is 0.471. The highest BCUT2D eigenvalue weighted by Gasteiger charge is 2.37. The van der Waals surface area contributed by atoms with Gasteiger partial charge in [0.05, 0.1) is 0 Å². The number of thiazole rings is 1. The maximum absolute atomic E-state index is 4.47. The van der Waals surface area contributed by atoms with Gasteiger partial charge in [-0.05, 0) is 37.1 Å². The van der Waals surface area contributed by atoms with Gasteiger partial charge in [0.15, 0.2) is 0 Å². The first-order valence-electron chi connectivity index (χ1n) is 7.86. The average Bonchev–Trinajstić information content (AvgIpc) is 2.94. The van der Waals surface area contributed by atoms with Gasteiger partial charge in [-0.2, -0.15) is 0 Å². The SMILES string of the molecule is CCNC1CCC(C(C)(C)CC)CC1Sc1nccs1. The molecule has 1 aliphatic carbocycles. The van der Waals surface area contributed by atoms with Crippen molar-refractivity contribution in [3.63, 3.8) is 0 Å². The van der Waals surface area contributed by atoms with Crippen LogP contribution in [-0.4, -0.2) is 22.8 Å². The molecule has 1 heterocycles. The zero-order valence-electron chi connectivity index (χ0n) is 13.2. The van der Waals surface area contributed by atoms with Crippen molar-refractivity contribution in [1.82, 2.24) is 10.3 Å². The Morgan fingerprint density at radius 1 is 1.40 bits per heavy atom. The minimum Gasteiger partial charge on any atom is -0.313 e. The van der Waals surface area contributed by atoms with Crippen LogP contribution in [0.4, 0.5) is 0 Å². The maximum atomic E-state index is 4.47. The summed E-state index contributed by atoms with van der Waals surface area (Å²) in [6.45, 7) is 10.5. The molecular formula is C16H28N2S2. The zero-order chi connectivity index (χ0) is 14.6. The summed E-state index contributed by atoms with van der Waals surface area (Å²) in [6, 6.07) is 0.651. The van der Waals surface area contributed by atoms with Crippen molar-refractivity contribution < 1.29 is 0 Å². The molecule has 1 aliphatic rings. The predicted molar refractivity (Wildman–Crippen MR) is 90.6 cm³/mol. The Labute approximate surface area is 132 Å². The van der Waals surface area contributed by atoms with Gasteiger partial charge in [-0.15, -0.1) is 11.3 Å². The van der Waals surface area contributed by atoms with Crippen LogP contribution in [0.1, 0.15) is 53.4 Å². The van der Waals surface area contributed by atoms with E-state index < -0.39 is 0 Å². The van der Waals surface area contributed by atoms with E-state index >= 15 is 0 Å². The van der Waals surface area contributed by atoms with E-state index in [-0.39, 0.29) is 0 Å². The van der Waals surface area contributed by atoms with E-state index in [9.17, 15) is 0 Å². The average molecular weight is 313 g/mol. The maximum Gasteiger partial charge on any atom is 0.150 e. The van der Waals surface area contributed by atoms with Crippen LogP contribution >= 0.6 is 23.1 Å². The Hall–Kier alpha value is -0.0600. The van der Waals surface area contributed by atoms with E-state index in [4.69, 9.17) is 0 Å². The Morgan fingerprint density at radius 3 is 2.80 bits per heavy atom. The lowest BCUT2D eigenvalue weighted by molar-refractivity contribution is 0.141. The molecule has 3 atom stereocenters. The van der Waals surface area contributed by atoms with Gasteiger partial charge in [0.25, 0.3) is 0 Å². The largest absolute Gasteiger partial charge is 0.313 e. The summed E-state index contributed by atoms with van der Waals surface area (Å²) in [4.78, 5) is 4.47. The smallest absolute Gasteiger partial charge is 0.150 e. The third-order valence-corrected chi connectivity index (χ3v) is 7.21. The molecule has 1 N–H and O–H groups in total. The van der Waals surface area contributed by atoms with E-state index in [1.54, 1.807) is 11.3 Å². The first kappa shape index (κ1) is 16.3. The van der Waals surface area contributed by atoms with Crippen LogP contribution < -0.4 is 5.32 Å². The van der Waals surface area contributed by atoms with E-state index in [0.29, 0.717) is 16.7 Å². The number of aromatic nitrogens is 1. The molecule has 4 heteroatoms. The lowest BCUT2D eigenvalue weighted by Crippen LogP contribution is -2.45. The highest BCUT2D eigenvalue weighted by atomic mass is 32.2. The molecule has 1 aromatic heterocycles. The molecule has 0 bridgehead atoms. The number of nitrogens with zero attached hydrogens (tertiary/aromatic N) is 1. The third kappa shape index (κ3) is 3.99. The molecule has 0 radical (unpaired) electrons. The molecule has 2 rings (SSSR count). The van der Waals surface area contributed by atoms with Gasteiger partial charge < -0.3 is 5.32 Å². The Bertz CT molecular complexity index is 389. The quantitative estimate of drug-likeness (QED) is 0.815. The Morgan fingerprint density at radius 2 is 2.20 bits per heavy atom. The molecule has 20 heavy (non-hydrogen) atoms. The minimum absolute atomic E-state index is 0.471. The van der Waals surface area contributed by atoms with Gasteiger partial charge in [0.1, 0.15) is 4.34 Å². The molecule has 1 aromatic rings. The normalized spacial score (nSPS) is 27.7. The topological polar surface area (TPSA) is 24.9 Å². The van der Waals surface area contributed by atoms with Gasteiger partial charge >= 0.3 is 0 Å². The van der Waals surface area contributed by atoms with Crippen LogP contribution in [0, 0.1) is 11.3 Å². The second-order valence-corrected chi connectivity index (χ2v) is 8.85. The van der Waals surface area contributed by atoms with Crippen molar-refractivity contribution >= 4 is 23.1 Å². The van der Waals surface area contributed by atoms with E-state index in [0.717, 1.165) is 12.5 Å². The first-order chi connectivity index (χ1) is 9.56. The van der Waals surface area contributed by atoms with Crippen LogP contribution in [0.3, 0.4) is 0 Å². The standard InChI is InChI=1S/C16H28N2S2/c1-5-16(3,4)12-7-8-13(17-6-2)14(11-12)20-15-18-9-10-19-15/h9-10,12-14,17H,5-8,11H2,1-4H3. The van der Waals surface area contributed by atoms with Crippen molar-refractivity contribution in [3.05, 3.63) is 11.6 Å². The number of rotatable bonds is 6. The van der Waals surface area contributed by atoms with Crippen molar-refractivity contribution in [1.29, 1.82) is 0 Å². The number of thioether (sulfide) groups is 1. The molecule has 3 unspecified atom stereocenters. The fourth-order valence-electron chi connectivity index (χ4n) is 3.15. The fraction of sp³-hybridized carbons (Fsp3) is 0.812. The molecule has 0 aliphatic heterocycles. The molecule has 1 saturated carbocycles. The van der Waals surface area contributed by atoms with Crippen LogP contribution in [0.25, 0.3) is 0 Å². The van der Waals surface area contributed by atoms with Crippen LogP contribution in [0.15, 0.2) is 15.9 Å². The summed E-state index contributed by atoms with van der Waals surface area (Å²) in [5, 5.41) is 6.45. The summed E-state index contributed by atoms with van der Waals surface area (Å²) < 4.78 is 1.23. The number of hydrogen-bond acceptors (Lipinski definition) is 4. The third-order valence-electron chi connectivity index (χ3n) is 4.94. The summed E-state index contributed by atoms with van der Waals surface area (Å²) in [6.07, 6.45) is 7.20. The van der Waals surface area contributed by atoms with Gasteiger partial charge in [0, 0.05) is 22.9 Å². The monoisotopic (exact) mass is 312 g/mol. The molecule has 0 spiro atoms. The molecule has 0 saturated heterocycles. The summed E-state index contributed by atoms with van der Waals surface area (Å²) in [5.74, 6) is 0.847. The van der Waals surface area contributed by atoms with Gasteiger partial charge in [-0.25, -0.2) is 4.98 Å². The Kier molecular flexibility index (Phi) is 5.94. The van der Waals surface area contributed by atoms with E-state index in [2.05, 4.69) is 43.4 Å². The van der Waals surface area contributed by atoms with Crippen LogP contribution in [0.5, 0.6) is 0 Å². The van der Waals surface area contributed by atoms with Gasteiger partial charge in [0.2, 0.25) is 0 Å². The highest BCUT2D eigenvalue weighted by Crippen LogP contribution is 2.45. The van der Waals surface area contributed by atoms with E-state index in [1.165, 1.54) is 30.0 Å². The number of nitrogens with one attached hydrogen (secondary N) is 1. The molecule has 1 fully saturated rings. The van der Waals surface area contributed by atoms with Crippen molar-refractivity contribution in [2.75, 3.05) is 6.54 Å². The summed E-state index contributed by atoms with van der Waals surface area (Å²) in [7, 11) is 0. The van der Waals surface area contributed by atoms with Crippen molar-refractivity contribution in [3.8, 4) is 0 Å². The summed E-state index contributed by atoms with van der Waals surface area (Å²) >= 11 is 3.77. The highest BCUT2D eigenvalue weighted by molar-refractivity contribution is 8.01. The lowest BCUT2D eigenvalue weighted by atomic mass is 9.68. The van der Waals surface area contributed by atoms with Gasteiger partial charge in [-0.3, -0.25) is 0 Å². The molecule has 114 valence electrons. The Balaban J connectivity index is 2.05. The fourth-order valence-corrected chi connectivity index (χ4v) is 5.38.